The molecule has 0 saturated carbocycles. The molecular formula is C10H19F3. The predicted octanol–water partition coefficient (Wildman–Crippen LogP) is 4.55. The zero-order valence-electron chi connectivity index (χ0n) is 8.45. The first-order chi connectivity index (χ1) is 5.99. The summed E-state index contributed by atoms with van der Waals surface area (Å²) in [5.41, 5.74) is 0. The van der Waals surface area contributed by atoms with Gasteiger partial charge in [0.15, 0.2) is 0 Å². The quantitative estimate of drug-likeness (QED) is 0.584. The standard InChI is InChI=1S/C10H19F3/c1-3-5-9(6-4-2)7-8-10(11,12)13/h9H,3-8H2,1-2H3. The molecule has 0 heterocycles. The molecule has 0 nitrogen and oxygen atoms in total. The summed E-state index contributed by atoms with van der Waals surface area (Å²) in [5, 5.41) is 0. The van der Waals surface area contributed by atoms with Crippen molar-refractivity contribution in [3.05, 3.63) is 0 Å². The highest BCUT2D eigenvalue weighted by molar-refractivity contribution is 4.61. The Balaban J connectivity index is 3.68. The van der Waals surface area contributed by atoms with E-state index in [1.54, 1.807) is 0 Å². The van der Waals surface area contributed by atoms with Crippen molar-refractivity contribution in [1.82, 2.24) is 0 Å². The van der Waals surface area contributed by atoms with Gasteiger partial charge < -0.3 is 0 Å². The summed E-state index contributed by atoms with van der Waals surface area (Å²) in [4.78, 5) is 0. The Morgan fingerprint density at radius 3 is 1.69 bits per heavy atom. The van der Waals surface area contributed by atoms with Crippen molar-refractivity contribution in [3.63, 3.8) is 0 Å². The van der Waals surface area contributed by atoms with Crippen molar-refractivity contribution in [1.29, 1.82) is 0 Å². The van der Waals surface area contributed by atoms with Gasteiger partial charge in [0.05, 0.1) is 0 Å². The summed E-state index contributed by atoms with van der Waals surface area (Å²) in [5.74, 6) is 0.275. The summed E-state index contributed by atoms with van der Waals surface area (Å²) in [6.07, 6.45) is -0.429. The van der Waals surface area contributed by atoms with Gasteiger partial charge >= 0.3 is 6.18 Å². The minimum Gasteiger partial charge on any atom is -0.171 e. The van der Waals surface area contributed by atoms with Crippen LogP contribution in [-0.2, 0) is 0 Å². The van der Waals surface area contributed by atoms with E-state index in [4.69, 9.17) is 0 Å². The molecule has 0 atom stereocenters. The molecule has 0 bridgehead atoms. The second-order valence-corrected chi connectivity index (χ2v) is 3.60. The molecule has 0 aromatic rings. The fourth-order valence-corrected chi connectivity index (χ4v) is 1.62. The van der Waals surface area contributed by atoms with Crippen molar-refractivity contribution in [3.8, 4) is 0 Å². The van der Waals surface area contributed by atoms with Gasteiger partial charge in [-0.05, 0) is 12.3 Å². The molecule has 0 radical (unpaired) electrons. The van der Waals surface area contributed by atoms with Gasteiger partial charge in [-0.25, -0.2) is 0 Å². The molecule has 0 unspecified atom stereocenters. The molecule has 0 fully saturated rings. The van der Waals surface area contributed by atoms with Gasteiger partial charge in [-0.2, -0.15) is 13.2 Å². The maximum absolute atomic E-state index is 11.9. The average molecular weight is 196 g/mol. The van der Waals surface area contributed by atoms with Crippen LogP contribution >= 0.6 is 0 Å². The largest absolute Gasteiger partial charge is 0.389 e. The first-order valence-corrected chi connectivity index (χ1v) is 5.06. The maximum Gasteiger partial charge on any atom is 0.389 e. The van der Waals surface area contributed by atoms with E-state index in [1.165, 1.54) is 0 Å². The van der Waals surface area contributed by atoms with Gasteiger partial charge in [-0.1, -0.05) is 39.5 Å². The van der Waals surface area contributed by atoms with Crippen molar-refractivity contribution in [2.45, 2.75) is 58.5 Å². The molecule has 0 aliphatic heterocycles. The fraction of sp³-hybridized carbons (Fsp3) is 1.00. The Morgan fingerprint density at radius 1 is 0.923 bits per heavy atom. The lowest BCUT2D eigenvalue weighted by Crippen LogP contribution is -2.11. The summed E-state index contributed by atoms with van der Waals surface area (Å²) in [6, 6.07) is 0. The SMILES string of the molecule is CCCC(CCC)CCC(F)(F)F. The molecule has 3 heteroatoms. The number of hydrogen-bond donors (Lipinski definition) is 0. The predicted molar refractivity (Wildman–Crippen MR) is 48.6 cm³/mol. The van der Waals surface area contributed by atoms with Crippen LogP contribution in [0, 0.1) is 5.92 Å². The Bertz CT molecular complexity index is 112. The van der Waals surface area contributed by atoms with Crippen LogP contribution in [0.1, 0.15) is 52.4 Å². The van der Waals surface area contributed by atoms with Crippen molar-refractivity contribution < 1.29 is 13.2 Å². The van der Waals surface area contributed by atoms with Crippen molar-refractivity contribution in [2.24, 2.45) is 5.92 Å². The molecule has 0 aromatic heterocycles. The van der Waals surface area contributed by atoms with E-state index in [1.807, 2.05) is 13.8 Å². The van der Waals surface area contributed by atoms with Gasteiger partial charge in [-0.15, -0.1) is 0 Å². The third-order valence-corrected chi connectivity index (χ3v) is 2.23. The molecule has 0 aromatic carbocycles. The Labute approximate surface area is 78.5 Å². The molecule has 0 aliphatic rings. The highest BCUT2D eigenvalue weighted by atomic mass is 19.4. The normalized spacial score (nSPS) is 12.5. The topological polar surface area (TPSA) is 0 Å². The molecule has 0 amide bonds. The number of alkyl halides is 3. The van der Waals surface area contributed by atoms with E-state index >= 15 is 0 Å². The molecule has 0 N–H and O–H groups in total. The Kier molecular flexibility index (Phi) is 6.17. The third-order valence-electron chi connectivity index (χ3n) is 2.23. The van der Waals surface area contributed by atoms with Gasteiger partial charge in [-0.3, -0.25) is 0 Å². The zero-order chi connectivity index (χ0) is 10.3. The highest BCUT2D eigenvalue weighted by Gasteiger charge is 2.27. The van der Waals surface area contributed by atoms with E-state index in [0.29, 0.717) is 6.42 Å². The molecular weight excluding hydrogens is 177 g/mol. The lowest BCUT2D eigenvalue weighted by Gasteiger charge is -2.15. The average Bonchev–Trinajstić information content (AvgIpc) is 2.00. The Morgan fingerprint density at radius 2 is 1.38 bits per heavy atom. The Hall–Kier alpha value is -0.210. The molecule has 0 rings (SSSR count). The second-order valence-electron chi connectivity index (χ2n) is 3.60. The third kappa shape index (κ3) is 8.13. The molecule has 0 saturated heterocycles. The first-order valence-electron chi connectivity index (χ1n) is 5.06. The smallest absolute Gasteiger partial charge is 0.171 e. The van der Waals surface area contributed by atoms with Crippen LogP contribution in [0.25, 0.3) is 0 Å². The molecule has 80 valence electrons. The number of hydrogen-bond acceptors (Lipinski definition) is 0. The monoisotopic (exact) mass is 196 g/mol. The fourth-order valence-electron chi connectivity index (χ4n) is 1.62. The minimum atomic E-state index is -3.97. The van der Waals surface area contributed by atoms with E-state index in [0.717, 1.165) is 25.7 Å². The minimum absolute atomic E-state index is 0.275. The summed E-state index contributed by atoms with van der Waals surface area (Å²) >= 11 is 0. The van der Waals surface area contributed by atoms with Crippen molar-refractivity contribution in [2.75, 3.05) is 0 Å². The van der Waals surface area contributed by atoms with E-state index in [2.05, 4.69) is 0 Å². The highest BCUT2D eigenvalue weighted by Crippen LogP contribution is 2.27. The summed E-state index contributed by atoms with van der Waals surface area (Å²) in [6.45, 7) is 4.05. The van der Waals surface area contributed by atoms with Crippen LogP contribution in [0.4, 0.5) is 13.2 Å². The van der Waals surface area contributed by atoms with Crippen LogP contribution in [0.5, 0.6) is 0 Å². The van der Waals surface area contributed by atoms with Gasteiger partial charge in [0.1, 0.15) is 0 Å². The number of rotatable bonds is 6. The van der Waals surface area contributed by atoms with E-state index in [-0.39, 0.29) is 5.92 Å². The molecule has 0 spiro atoms. The van der Waals surface area contributed by atoms with Crippen LogP contribution < -0.4 is 0 Å². The zero-order valence-corrected chi connectivity index (χ0v) is 8.45. The lowest BCUT2D eigenvalue weighted by atomic mass is 9.93. The van der Waals surface area contributed by atoms with E-state index in [9.17, 15) is 13.2 Å². The summed E-state index contributed by atoms with van der Waals surface area (Å²) in [7, 11) is 0. The first kappa shape index (κ1) is 12.8. The van der Waals surface area contributed by atoms with Crippen LogP contribution in [-0.4, -0.2) is 6.18 Å². The van der Waals surface area contributed by atoms with Crippen LogP contribution in [0.3, 0.4) is 0 Å². The molecule has 0 aliphatic carbocycles. The lowest BCUT2D eigenvalue weighted by molar-refractivity contribution is -0.137. The van der Waals surface area contributed by atoms with Gasteiger partial charge in [0.25, 0.3) is 0 Å². The summed E-state index contributed by atoms with van der Waals surface area (Å²) < 4.78 is 35.7. The van der Waals surface area contributed by atoms with Crippen LogP contribution in [0.2, 0.25) is 0 Å². The maximum atomic E-state index is 11.9. The van der Waals surface area contributed by atoms with Gasteiger partial charge in [0.2, 0.25) is 0 Å². The number of halogens is 3. The van der Waals surface area contributed by atoms with E-state index < -0.39 is 12.6 Å². The molecule has 13 heavy (non-hydrogen) atoms. The second kappa shape index (κ2) is 6.28. The van der Waals surface area contributed by atoms with Crippen LogP contribution in [0.15, 0.2) is 0 Å². The van der Waals surface area contributed by atoms with Crippen molar-refractivity contribution >= 4 is 0 Å². The van der Waals surface area contributed by atoms with Gasteiger partial charge in [0, 0.05) is 6.42 Å².